The zero-order chi connectivity index (χ0) is 26.5. The van der Waals surface area contributed by atoms with Crippen molar-refractivity contribution in [3.05, 3.63) is 71.5 Å². The third-order valence-corrected chi connectivity index (χ3v) is 7.18. The molecule has 1 saturated heterocycles. The summed E-state index contributed by atoms with van der Waals surface area (Å²) in [6.07, 6.45) is 3.41. The number of hydrogen-bond acceptors (Lipinski definition) is 8. The molecule has 38 heavy (non-hydrogen) atoms. The number of morpholine rings is 1. The van der Waals surface area contributed by atoms with E-state index in [2.05, 4.69) is 57.7 Å². The lowest BCUT2D eigenvalue weighted by Gasteiger charge is -2.31. The van der Waals surface area contributed by atoms with Crippen molar-refractivity contribution in [2.24, 2.45) is 0 Å². The van der Waals surface area contributed by atoms with E-state index in [1.165, 1.54) is 5.56 Å². The molecule has 0 spiro atoms. The summed E-state index contributed by atoms with van der Waals surface area (Å²) in [6.45, 7) is 11.9. The third-order valence-electron chi connectivity index (χ3n) is 7.18. The minimum absolute atomic E-state index is 0.0805. The molecule has 2 aliphatic rings. The van der Waals surface area contributed by atoms with Gasteiger partial charge in [-0.05, 0) is 48.4 Å². The van der Waals surface area contributed by atoms with Crippen molar-refractivity contribution < 1.29 is 14.3 Å². The lowest BCUT2D eigenvalue weighted by Crippen LogP contribution is -2.44. The van der Waals surface area contributed by atoms with Crippen LogP contribution in [0.3, 0.4) is 0 Å². The van der Waals surface area contributed by atoms with E-state index >= 15 is 0 Å². The number of nitrogens with one attached hydrogen (secondary N) is 3. The van der Waals surface area contributed by atoms with E-state index in [1.807, 2.05) is 24.3 Å². The SMILES string of the molecule is CC(COc1cc(CNc2ncccc2C(=O)Nc2ccc3c(c2)NCC3(C)C)ccn1)N1CCOCC1. The van der Waals surface area contributed by atoms with Crippen molar-refractivity contribution in [1.29, 1.82) is 0 Å². The van der Waals surface area contributed by atoms with Gasteiger partial charge in [-0.2, -0.15) is 0 Å². The van der Waals surface area contributed by atoms with Gasteiger partial charge in [0.05, 0.1) is 18.8 Å². The molecule has 0 aliphatic carbocycles. The monoisotopic (exact) mass is 516 g/mol. The van der Waals surface area contributed by atoms with Crippen LogP contribution in [0.1, 0.15) is 42.3 Å². The summed E-state index contributed by atoms with van der Waals surface area (Å²) in [4.78, 5) is 24.3. The number of hydrogen-bond donors (Lipinski definition) is 3. The second kappa shape index (κ2) is 11.4. The number of nitrogens with zero attached hydrogens (tertiary/aromatic N) is 3. The molecule has 1 amide bonds. The van der Waals surface area contributed by atoms with Crippen LogP contribution < -0.4 is 20.7 Å². The molecule has 3 N–H and O–H groups in total. The first-order valence-electron chi connectivity index (χ1n) is 13.2. The largest absolute Gasteiger partial charge is 0.476 e. The van der Waals surface area contributed by atoms with Crippen LogP contribution >= 0.6 is 0 Å². The number of carbonyl (C=O) groups is 1. The van der Waals surface area contributed by atoms with Crippen molar-refractivity contribution in [3.63, 3.8) is 0 Å². The average molecular weight is 517 g/mol. The molecule has 1 unspecified atom stereocenters. The Morgan fingerprint density at radius 3 is 2.84 bits per heavy atom. The highest BCUT2D eigenvalue weighted by Crippen LogP contribution is 2.37. The summed E-state index contributed by atoms with van der Waals surface area (Å²) in [6, 6.07) is 13.7. The van der Waals surface area contributed by atoms with Gasteiger partial charge in [0.2, 0.25) is 5.88 Å². The maximum absolute atomic E-state index is 13.2. The second-order valence-corrected chi connectivity index (χ2v) is 10.5. The van der Waals surface area contributed by atoms with Crippen LogP contribution in [-0.4, -0.2) is 66.3 Å². The van der Waals surface area contributed by atoms with Crippen LogP contribution in [0.15, 0.2) is 54.9 Å². The summed E-state index contributed by atoms with van der Waals surface area (Å²) in [7, 11) is 0. The molecule has 5 rings (SSSR count). The maximum Gasteiger partial charge on any atom is 0.259 e. The minimum atomic E-state index is -0.214. The molecule has 1 aromatic carbocycles. The van der Waals surface area contributed by atoms with Gasteiger partial charge in [-0.1, -0.05) is 19.9 Å². The van der Waals surface area contributed by atoms with Crippen LogP contribution in [0.2, 0.25) is 0 Å². The topological polar surface area (TPSA) is 101 Å². The smallest absolute Gasteiger partial charge is 0.259 e. The lowest BCUT2D eigenvalue weighted by molar-refractivity contribution is 0.0101. The molecule has 1 atom stereocenters. The zero-order valence-electron chi connectivity index (χ0n) is 22.3. The predicted molar refractivity (Wildman–Crippen MR) is 149 cm³/mol. The van der Waals surface area contributed by atoms with Crippen molar-refractivity contribution in [3.8, 4) is 5.88 Å². The standard InChI is InChI=1S/C29H36N6O3/c1-20(35-11-13-37-14-12-35)18-38-26-15-21(8-10-30-26)17-32-27-23(5-4-9-31-27)28(36)34-22-6-7-24-25(16-22)33-19-29(24,2)3/h4-10,15-16,20,33H,11-14,17-19H2,1-3H3,(H,31,32)(H,34,36). The molecule has 0 radical (unpaired) electrons. The van der Waals surface area contributed by atoms with E-state index in [-0.39, 0.29) is 17.4 Å². The van der Waals surface area contributed by atoms with Crippen molar-refractivity contribution in [2.45, 2.75) is 38.8 Å². The summed E-state index contributed by atoms with van der Waals surface area (Å²) >= 11 is 0. The van der Waals surface area contributed by atoms with E-state index in [0.29, 0.717) is 30.4 Å². The normalized spacial score (nSPS) is 17.2. The Labute approximate surface area is 224 Å². The van der Waals surface area contributed by atoms with E-state index < -0.39 is 0 Å². The number of aromatic nitrogens is 2. The number of amides is 1. The lowest BCUT2D eigenvalue weighted by atomic mass is 9.87. The summed E-state index contributed by atoms with van der Waals surface area (Å²) in [5, 5.41) is 9.75. The Morgan fingerprint density at radius 1 is 1.16 bits per heavy atom. The van der Waals surface area contributed by atoms with Gasteiger partial charge in [0.1, 0.15) is 12.4 Å². The van der Waals surface area contributed by atoms with E-state index in [9.17, 15) is 4.79 Å². The van der Waals surface area contributed by atoms with Gasteiger partial charge in [0, 0.05) is 67.5 Å². The van der Waals surface area contributed by atoms with Crippen LogP contribution in [0.5, 0.6) is 5.88 Å². The molecular formula is C29H36N6O3. The molecule has 3 aromatic rings. The molecule has 4 heterocycles. The highest BCUT2D eigenvalue weighted by atomic mass is 16.5. The Balaban J connectivity index is 1.19. The van der Waals surface area contributed by atoms with Crippen LogP contribution in [0.4, 0.5) is 17.2 Å². The first-order chi connectivity index (χ1) is 18.4. The van der Waals surface area contributed by atoms with E-state index in [4.69, 9.17) is 9.47 Å². The van der Waals surface area contributed by atoms with Crippen molar-refractivity contribution >= 4 is 23.1 Å². The molecule has 2 aromatic heterocycles. The second-order valence-electron chi connectivity index (χ2n) is 10.5. The van der Waals surface area contributed by atoms with Crippen LogP contribution in [-0.2, 0) is 16.7 Å². The Kier molecular flexibility index (Phi) is 7.76. The fourth-order valence-corrected chi connectivity index (χ4v) is 4.85. The van der Waals surface area contributed by atoms with Gasteiger partial charge in [0.15, 0.2) is 0 Å². The number of carbonyl (C=O) groups excluding carboxylic acids is 1. The Morgan fingerprint density at radius 2 is 2.00 bits per heavy atom. The van der Waals surface area contributed by atoms with Crippen molar-refractivity contribution in [2.75, 3.05) is 55.4 Å². The van der Waals surface area contributed by atoms with Gasteiger partial charge in [-0.3, -0.25) is 9.69 Å². The fourth-order valence-electron chi connectivity index (χ4n) is 4.85. The molecule has 200 valence electrons. The highest BCUT2D eigenvalue weighted by molar-refractivity contribution is 6.07. The fraction of sp³-hybridized carbons (Fsp3) is 0.414. The third kappa shape index (κ3) is 6.06. The number of pyridine rings is 2. The molecule has 9 nitrogen and oxygen atoms in total. The molecule has 2 aliphatic heterocycles. The van der Waals surface area contributed by atoms with Crippen LogP contribution in [0.25, 0.3) is 0 Å². The van der Waals surface area contributed by atoms with E-state index in [1.54, 1.807) is 24.5 Å². The van der Waals surface area contributed by atoms with Gasteiger partial charge < -0.3 is 25.4 Å². The quantitative estimate of drug-likeness (QED) is 0.390. The zero-order valence-corrected chi connectivity index (χ0v) is 22.3. The summed E-state index contributed by atoms with van der Waals surface area (Å²) < 4.78 is 11.4. The van der Waals surface area contributed by atoms with E-state index in [0.717, 1.165) is 49.8 Å². The summed E-state index contributed by atoms with van der Waals surface area (Å²) in [5.41, 5.74) is 4.61. The maximum atomic E-state index is 13.2. The van der Waals surface area contributed by atoms with Crippen molar-refractivity contribution in [1.82, 2.24) is 14.9 Å². The Bertz CT molecular complexity index is 1270. The molecule has 0 saturated carbocycles. The molecular weight excluding hydrogens is 480 g/mol. The van der Waals surface area contributed by atoms with Gasteiger partial charge >= 0.3 is 0 Å². The Hall–Kier alpha value is -3.69. The first kappa shape index (κ1) is 25.9. The first-order valence-corrected chi connectivity index (χ1v) is 13.2. The number of fused-ring (bicyclic) bond motifs is 1. The molecule has 1 fully saturated rings. The number of ether oxygens (including phenoxy) is 2. The summed E-state index contributed by atoms with van der Waals surface area (Å²) in [5.74, 6) is 0.885. The average Bonchev–Trinajstić information content (AvgIpc) is 3.25. The van der Waals surface area contributed by atoms with Crippen LogP contribution in [0, 0.1) is 0 Å². The number of benzene rings is 1. The number of rotatable bonds is 9. The van der Waals surface area contributed by atoms with Gasteiger partial charge in [-0.15, -0.1) is 0 Å². The predicted octanol–water partition coefficient (Wildman–Crippen LogP) is 4.14. The highest BCUT2D eigenvalue weighted by Gasteiger charge is 2.29. The van der Waals surface area contributed by atoms with Gasteiger partial charge in [-0.25, -0.2) is 9.97 Å². The number of anilines is 3. The molecule has 0 bridgehead atoms. The van der Waals surface area contributed by atoms with Gasteiger partial charge in [0.25, 0.3) is 5.91 Å². The molecule has 9 heteroatoms. The minimum Gasteiger partial charge on any atom is -0.476 e.